The summed E-state index contributed by atoms with van der Waals surface area (Å²) in [6, 6.07) is 27.9. The van der Waals surface area contributed by atoms with Crippen LogP contribution in [0.15, 0.2) is 84.9 Å². The van der Waals surface area contributed by atoms with Gasteiger partial charge in [-0.1, -0.05) is 79.7 Å². The van der Waals surface area contributed by atoms with Gasteiger partial charge in [-0.15, -0.1) is 0 Å². The Kier molecular flexibility index (Phi) is 8.57. The summed E-state index contributed by atoms with van der Waals surface area (Å²) in [6.07, 6.45) is 7.18. The van der Waals surface area contributed by atoms with E-state index >= 15 is 0 Å². The Labute approximate surface area is 210 Å². The SMILES string of the molecule is C/C(=C(/c1ccc(C2=CCN(C3CC3)CC2)cc1)c1cccc(O)c1)c1ccccc1.CCCO. The molecule has 0 bridgehead atoms. The third kappa shape index (κ3) is 6.50. The number of rotatable bonds is 6. The molecule has 0 spiro atoms. The van der Waals surface area contributed by atoms with E-state index in [1.54, 1.807) is 6.07 Å². The molecule has 1 heterocycles. The van der Waals surface area contributed by atoms with Crippen LogP contribution in [0.25, 0.3) is 16.7 Å². The molecule has 2 aliphatic rings. The van der Waals surface area contributed by atoms with Gasteiger partial charge in [-0.2, -0.15) is 0 Å². The van der Waals surface area contributed by atoms with Gasteiger partial charge in [0.05, 0.1) is 0 Å². The maximum atomic E-state index is 10.1. The summed E-state index contributed by atoms with van der Waals surface area (Å²) in [5.74, 6) is 0.292. The predicted octanol–water partition coefficient (Wildman–Crippen LogP) is 7.01. The monoisotopic (exact) mass is 467 g/mol. The van der Waals surface area contributed by atoms with E-state index < -0.39 is 0 Å². The zero-order valence-electron chi connectivity index (χ0n) is 21.0. The molecule has 182 valence electrons. The highest BCUT2D eigenvalue weighted by molar-refractivity contribution is 5.98. The molecule has 2 N–H and O–H groups in total. The minimum absolute atomic E-state index is 0.292. The van der Waals surface area contributed by atoms with Crippen molar-refractivity contribution in [3.63, 3.8) is 0 Å². The van der Waals surface area contributed by atoms with Crippen molar-refractivity contribution in [2.45, 2.75) is 45.6 Å². The van der Waals surface area contributed by atoms with Crippen LogP contribution in [0.5, 0.6) is 5.75 Å². The van der Waals surface area contributed by atoms with Crippen molar-refractivity contribution in [3.05, 3.63) is 107 Å². The van der Waals surface area contributed by atoms with Gasteiger partial charge >= 0.3 is 0 Å². The number of benzene rings is 3. The first-order chi connectivity index (χ1) is 17.1. The fourth-order valence-corrected chi connectivity index (χ4v) is 4.66. The standard InChI is InChI=1S/C29H29NO.C3H8O/c1-21(22-6-3-2-4-7-22)29(26-8-5-9-28(31)20-26)25-12-10-23(11-13-25)24-16-18-30(19-17-24)27-14-15-27;1-2-3-4/h2-13,16,20,27,31H,14-15,17-19H2,1H3;4H,2-3H2,1H3/b29-21+;. The van der Waals surface area contributed by atoms with Crippen molar-refractivity contribution in [1.82, 2.24) is 4.90 Å². The number of nitrogens with zero attached hydrogens (tertiary/aromatic N) is 1. The molecular formula is C32H37NO2. The van der Waals surface area contributed by atoms with Crippen molar-refractivity contribution in [2.24, 2.45) is 0 Å². The molecule has 5 rings (SSSR count). The molecule has 0 radical (unpaired) electrons. The molecule has 1 saturated carbocycles. The molecule has 0 saturated heterocycles. The Bertz CT molecular complexity index is 1160. The van der Waals surface area contributed by atoms with Crippen LogP contribution in [0.1, 0.15) is 61.8 Å². The first-order valence-corrected chi connectivity index (χ1v) is 12.8. The van der Waals surface area contributed by atoms with Crippen molar-refractivity contribution in [2.75, 3.05) is 19.7 Å². The Hall–Kier alpha value is -3.14. The first kappa shape index (κ1) is 25.0. The van der Waals surface area contributed by atoms with Crippen molar-refractivity contribution < 1.29 is 10.2 Å². The van der Waals surface area contributed by atoms with Crippen molar-refractivity contribution in [1.29, 1.82) is 0 Å². The van der Waals surface area contributed by atoms with Gasteiger partial charge < -0.3 is 10.2 Å². The molecule has 0 amide bonds. The molecule has 3 heteroatoms. The van der Waals surface area contributed by atoms with E-state index in [2.05, 4.69) is 72.5 Å². The molecule has 0 unspecified atom stereocenters. The molecule has 1 fully saturated rings. The smallest absolute Gasteiger partial charge is 0.116 e. The highest BCUT2D eigenvalue weighted by Crippen LogP contribution is 2.35. The number of aliphatic hydroxyl groups excluding tert-OH is 1. The maximum Gasteiger partial charge on any atom is 0.116 e. The predicted molar refractivity (Wildman–Crippen MR) is 147 cm³/mol. The zero-order chi connectivity index (χ0) is 24.6. The van der Waals surface area contributed by atoms with Crippen LogP contribution in [0, 0.1) is 0 Å². The highest BCUT2D eigenvalue weighted by atomic mass is 16.3. The van der Waals surface area contributed by atoms with E-state index in [4.69, 9.17) is 5.11 Å². The normalized spacial score (nSPS) is 16.6. The largest absolute Gasteiger partial charge is 0.508 e. The van der Waals surface area contributed by atoms with Crippen LogP contribution in [0.2, 0.25) is 0 Å². The summed E-state index contributed by atoms with van der Waals surface area (Å²) in [6.45, 7) is 6.68. The maximum absolute atomic E-state index is 10.1. The molecule has 35 heavy (non-hydrogen) atoms. The van der Waals surface area contributed by atoms with Gasteiger partial charge in [0, 0.05) is 25.7 Å². The molecule has 1 aliphatic carbocycles. The quantitative estimate of drug-likeness (QED) is 0.383. The number of hydrogen-bond acceptors (Lipinski definition) is 3. The van der Waals surface area contributed by atoms with Gasteiger partial charge in [0.1, 0.15) is 5.75 Å². The summed E-state index contributed by atoms with van der Waals surface area (Å²) in [7, 11) is 0. The van der Waals surface area contributed by atoms with Gasteiger partial charge in [0.15, 0.2) is 0 Å². The van der Waals surface area contributed by atoms with Gasteiger partial charge in [-0.05, 0) is 83.7 Å². The van der Waals surface area contributed by atoms with E-state index in [-0.39, 0.29) is 0 Å². The third-order valence-electron chi connectivity index (χ3n) is 6.79. The van der Waals surface area contributed by atoms with E-state index in [9.17, 15) is 5.11 Å². The lowest BCUT2D eigenvalue weighted by molar-refractivity contribution is 0.291. The summed E-state index contributed by atoms with van der Waals surface area (Å²) in [5, 5.41) is 18.0. The minimum Gasteiger partial charge on any atom is -0.508 e. The molecule has 0 atom stereocenters. The molecule has 1 aliphatic heterocycles. The second kappa shape index (κ2) is 12.0. The molecule has 0 aromatic heterocycles. The van der Waals surface area contributed by atoms with E-state index in [0.717, 1.165) is 36.6 Å². The number of allylic oxidation sites excluding steroid dienone is 1. The molecule has 3 aromatic carbocycles. The van der Waals surface area contributed by atoms with Crippen LogP contribution in [-0.2, 0) is 0 Å². The van der Waals surface area contributed by atoms with E-state index in [1.165, 1.54) is 47.2 Å². The number of phenols is 1. The Morgan fingerprint density at radius 3 is 2.14 bits per heavy atom. The van der Waals surface area contributed by atoms with Crippen LogP contribution < -0.4 is 0 Å². The van der Waals surface area contributed by atoms with Crippen LogP contribution in [-0.4, -0.2) is 40.9 Å². The number of hydrogen-bond donors (Lipinski definition) is 2. The Morgan fingerprint density at radius 2 is 1.57 bits per heavy atom. The van der Waals surface area contributed by atoms with Gasteiger partial charge in [0.2, 0.25) is 0 Å². The van der Waals surface area contributed by atoms with Gasteiger partial charge in [-0.3, -0.25) is 4.90 Å². The number of phenolic OH excluding ortho intramolecular Hbond substituents is 1. The Balaban J connectivity index is 0.000000672. The van der Waals surface area contributed by atoms with E-state index in [0.29, 0.717) is 12.4 Å². The Morgan fingerprint density at radius 1 is 0.886 bits per heavy atom. The van der Waals surface area contributed by atoms with Gasteiger partial charge in [-0.25, -0.2) is 0 Å². The molecular weight excluding hydrogens is 430 g/mol. The fraction of sp³-hybridized carbons (Fsp3) is 0.312. The first-order valence-electron chi connectivity index (χ1n) is 12.8. The number of aromatic hydroxyl groups is 1. The van der Waals surface area contributed by atoms with Crippen molar-refractivity contribution in [3.8, 4) is 5.75 Å². The summed E-state index contributed by atoms with van der Waals surface area (Å²) in [5.41, 5.74) is 8.55. The second-order valence-electron chi connectivity index (χ2n) is 9.42. The lowest BCUT2D eigenvalue weighted by Crippen LogP contribution is -2.30. The lowest BCUT2D eigenvalue weighted by Gasteiger charge is -2.26. The van der Waals surface area contributed by atoms with Crippen LogP contribution in [0.3, 0.4) is 0 Å². The van der Waals surface area contributed by atoms with Gasteiger partial charge in [0.25, 0.3) is 0 Å². The molecule has 3 nitrogen and oxygen atoms in total. The minimum atomic E-state index is 0.292. The fourth-order valence-electron chi connectivity index (χ4n) is 4.66. The topological polar surface area (TPSA) is 43.7 Å². The number of aliphatic hydroxyl groups is 1. The van der Waals surface area contributed by atoms with Crippen molar-refractivity contribution >= 4 is 16.7 Å². The van der Waals surface area contributed by atoms with Crippen LogP contribution in [0.4, 0.5) is 0 Å². The molecule has 3 aromatic rings. The van der Waals surface area contributed by atoms with Crippen LogP contribution >= 0.6 is 0 Å². The van der Waals surface area contributed by atoms with E-state index in [1.807, 2.05) is 25.1 Å². The summed E-state index contributed by atoms with van der Waals surface area (Å²) >= 11 is 0. The average molecular weight is 468 g/mol. The highest BCUT2D eigenvalue weighted by Gasteiger charge is 2.29. The summed E-state index contributed by atoms with van der Waals surface area (Å²) in [4.78, 5) is 2.61. The zero-order valence-corrected chi connectivity index (χ0v) is 21.0. The summed E-state index contributed by atoms with van der Waals surface area (Å²) < 4.78 is 0. The third-order valence-corrected chi connectivity index (χ3v) is 6.79. The average Bonchev–Trinajstić information content (AvgIpc) is 3.76. The second-order valence-corrected chi connectivity index (χ2v) is 9.42. The lowest BCUT2D eigenvalue weighted by atomic mass is 9.89.